The molecular weight excluding hydrogens is 255 g/mol. The number of benzene rings is 1. The van der Waals surface area contributed by atoms with Gasteiger partial charge in [0, 0.05) is 10.6 Å². The molecule has 1 rings (SSSR count). The lowest BCUT2D eigenvalue weighted by atomic mass is 10.1. The van der Waals surface area contributed by atoms with Crippen LogP contribution in [0.4, 0.5) is 0 Å². The highest BCUT2D eigenvalue weighted by Crippen LogP contribution is 2.33. The summed E-state index contributed by atoms with van der Waals surface area (Å²) in [6, 6.07) is 3.95. The maximum atomic E-state index is 9.49. The van der Waals surface area contributed by atoms with E-state index in [0.29, 0.717) is 15.1 Å². The summed E-state index contributed by atoms with van der Waals surface area (Å²) in [6.07, 6.45) is 0. The Morgan fingerprint density at radius 3 is 2.77 bits per heavy atom. The van der Waals surface area contributed by atoms with Gasteiger partial charge in [-0.2, -0.15) is 5.26 Å². The normalized spacial score (nSPS) is 12.2. The molecule has 0 amide bonds. The lowest BCUT2D eigenvalue weighted by molar-refractivity contribution is 0.463. The number of nitrogens with two attached hydrogens (primary N) is 1. The van der Waals surface area contributed by atoms with Crippen LogP contribution in [0.25, 0.3) is 0 Å². The molecular formula is C8H6BrClN2O. The SMILES string of the molecule is N#C[C@@H](N)c1cc(Cl)cc(Br)c1O. The summed E-state index contributed by atoms with van der Waals surface area (Å²) < 4.78 is 0.431. The molecule has 1 aromatic rings. The van der Waals surface area contributed by atoms with Gasteiger partial charge in [0.1, 0.15) is 11.8 Å². The molecule has 68 valence electrons. The van der Waals surface area contributed by atoms with Crippen molar-refractivity contribution in [1.29, 1.82) is 5.26 Å². The molecule has 0 heterocycles. The van der Waals surface area contributed by atoms with Crippen molar-refractivity contribution in [2.45, 2.75) is 6.04 Å². The van der Waals surface area contributed by atoms with E-state index in [-0.39, 0.29) is 5.75 Å². The maximum Gasteiger partial charge on any atom is 0.135 e. The summed E-state index contributed by atoms with van der Waals surface area (Å²) in [4.78, 5) is 0. The number of phenolic OH excluding ortho intramolecular Hbond substituents is 1. The molecule has 1 atom stereocenters. The van der Waals surface area contributed by atoms with Crippen LogP contribution in [0.2, 0.25) is 5.02 Å². The van der Waals surface area contributed by atoms with Gasteiger partial charge in [0.2, 0.25) is 0 Å². The van der Waals surface area contributed by atoms with Gasteiger partial charge < -0.3 is 10.8 Å². The predicted molar refractivity (Wildman–Crippen MR) is 53.4 cm³/mol. The van der Waals surface area contributed by atoms with E-state index in [0.717, 1.165) is 0 Å². The minimum Gasteiger partial charge on any atom is -0.506 e. The van der Waals surface area contributed by atoms with E-state index in [1.54, 1.807) is 0 Å². The van der Waals surface area contributed by atoms with E-state index in [1.165, 1.54) is 12.1 Å². The van der Waals surface area contributed by atoms with Gasteiger partial charge in [-0.15, -0.1) is 0 Å². The number of hydrogen-bond donors (Lipinski definition) is 2. The predicted octanol–water partition coefficient (Wildman–Crippen LogP) is 2.33. The molecule has 5 heteroatoms. The number of aromatic hydroxyl groups is 1. The first-order valence-corrected chi connectivity index (χ1v) is 4.56. The molecule has 0 aliphatic heterocycles. The van der Waals surface area contributed by atoms with Crippen molar-refractivity contribution in [3.63, 3.8) is 0 Å². The van der Waals surface area contributed by atoms with Crippen LogP contribution in [0, 0.1) is 11.3 Å². The highest BCUT2D eigenvalue weighted by molar-refractivity contribution is 9.10. The zero-order chi connectivity index (χ0) is 10.0. The van der Waals surface area contributed by atoms with E-state index < -0.39 is 6.04 Å². The lowest BCUT2D eigenvalue weighted by Gasteiger charge is -2.08. The second-order valence-corrected chi connectivity index (χ2v) is 3.72. The minimum absolute atomic E-state index is 0.0431. The first-order valence-electron chi connectivity index (χ1n) is 3.39. The summed E-state index contributed by atoms with van der Waals surface area (Å²) >= 11 is 8.81. The van der Waals surface area contributed by atoms with Gasteiger partial charge in [0.15, 0.2) is 0 Å². The van der Waals surface area contributed by atoms with Crippen LogP contribution < -0.4 is 5.73 Å². The second-order valence-electron chi connectivity index (χ2n) is 2.43. The van der Waals surface area contributed by atoms with Crippen LogP contribution in [0.5, 0.6) is 5.75 Å². The Hall–Kier alpha value is -0.760. The summed E-state index contributed by atoms with van der Waals surface area (Å²) in [7, 11) is 0. The molecule has 0 aliphatic rings. The number of halogens is 2. The molecule has 1 aromatic carbocycles. The first-order chi connectivity index (χ1) is 6.06. The van der Waals surface area contributed by atoms with Crippen LogP contribution in [-0.4, -0.2) is 5.11 Å². The largest absolute Gasteiger partial charge is 0.506 e. The Kier molecular flexibility index (Phi) is 3.15. The highest BCUT2D eigenvalue weighted by Gasteiger charge is 2.13. The quantitative estimate of drug-likeness (QED) is 0.815. The van der Waals surface area contributed by atoms with E-state index in [9.17, 15) is 5.11 Å². The average Bonchev–Trinajstić information content (AvgIpc) is 2.10. The summed E-state index contributed by atoms with van der Waals surface area (Å²) in [5.74, 6) is -0.0431. The van der Waals surface area contributed by atoms with Crippen molar-refractivity contribution >= 4 is 27.5 Å². The Labute approximate surface area is 88.9 Å². The van der Waals surface area contributed by atoms with Crippen molar-refractivity contribution in [2.24, 2.45) is 5.73 Å². The topological polar surface area (TPSA) is 70.0 Å². The van der Waals surface area contributed by atoms with Crippen LogP contribution in [0.15, 0.2) is 16.6 Å². The average molecular weight is 262 g/mol. The fourth-order valence-corrected chi connectivity index (χ4v) is 1.73. The van der Waals surface area contributed by atoms with Crippen LogP contribution >= 0.6 is 27.5 Å². The molecule has 0 saturated carbocycles. The third kappa shape index (κ3) is 2.13. The van der Waals surface area contributed by atoms with Crippen molar-refractivity contribution < 1.29 is 5.11 Å². The molecule has 0 saturated heterocycles. The molecule has 0 spiro atoms. The Morgan fingerprint density at radius 2 is 2.23 bits per heavy atom. The molecule has 0 radical (unpaired) electrons. The molecule has 3 nitrogen and oxygen atoms in total. The molecule has 3 N–H and O–H groups in total. The van der Waals surface area contributed by atoms with Crippen LogP contribution in [0.3, 0.4) is 0 Å². The van der Waals surface area contributed by atoms with Crippen molar-refractivity contribution in [3.8, 4) is 11.8 Å². The summed E-state index contributed by atoms with van der Waals surface area (Å²) in [5, 5.41) is 18.5. The van der Waals surface area contributed by atoms with Gasteiger partial charge in [-0.25, -0.2) is 0 Å². The van der Waals surface area contributed by atoms with Gasteiger partial charge in [-0.1, -0.05) is 11.6 Å². The van der Waals surface area contributed by atoms with E-state index >= 15 is 0 Å². The monoisotopic (exact) mass is 260 g/mol. The standard InChI is InChI=1S/C8H6BrClN2O/c9-6-2-4(10)1-5(8(6)13)7(12)3-11/h1-2,7,13H,12H2/t7-/m1/s1. The Bertz CT molecular complexity index is 375. The van der Waals surface area contributed by atoms with Gasteiger partial charge in [0.25, 0.3) is 0 Å². The fraction of sp³-hybridized carbons (Fsp3) is 0.125. The number of hydrogen-bond acceptors (Lipinski definition) is 3. The zero-order valence-electron chi connectivity index (χ0n) is 6.46. The molecule has 0 bridgehead atoms. The second kappa shape index (κ2) is 3.97. The van der Waals surface area contributed by atoms with Crippen molar-refractivity contribution in [3.05, 3.63) is 27.2 Å². The third-order valence-corrected chi connectivity index (χ3v) is 2.35. The molecule has 0 unspecified atom stereocenters. The Balaban J connectivity index is 3.30. The van der Waals surface area contributed by atoms with E-state index in [1.807, 2.05) is 6.07 Å². The number of nitrogens with zero attached hydrogens (tertiary/aromatic N) is 1. The fourth-order valence-electron chi connectivity index (χ4n) is 0.893. The van der Waals surface area contributed by atoms with Gasteiger partial charge in [-0.05, 0) is 28.1 Å². The number of phenols is 1. The van der Waals surface area contributed by atoms with Crippen LogP contribution in [0.1, 0.15) is 11.6 Å². The Morgan fingerprint density at radius 1 is 1.62 bits per heavy atom. The number of rotatable bonds is 1. The molecule has 0 aliphatic carbocycles. The van der Waals surface area contributed by atoms with Crippen molar-refractivity contribution in [1.82, 2.24) is 0 Å². The maximum absolute atomic E-state index is 9.49. The molecule has 0 aromatic heterocycles. The van der Waals surface area contributed by atoms with Gasteiger partial charge in [-0.3, -0.25) is 0 Å². The molecule has 0 fully saturated rings. The summed E-state index contributed by atoms with van der Waals surface area (Å²) in [5.41, 5.74) is 5.75. The van der Waals surface area contributed by atoms with Crippen molar-refractivity contribution in [2.75, 3.05) is 0 Å². The smallest absolute Gasteiger partial charge is 0.135 e. The lowest BCUT2D eigenvalue weighted by Crippen LogP contribution is -2.07. The van der Waals surface area contributed by atoms with E-state index in [4.69, 9.17) is 22.6 Å². The summed E-state index contributed by atoms with van der Waals surface area (Å²) in [6.45, 7) is 0. The third-order valence-electron chi connectivity index (χ3n) is 1.53. The minimum atomic E-state index is -0.866. The first kappa shape index (κ1) is 10.3. The zero-order valence-corrected chi connectivity index (χ0v) is 8.80. The highest BCUT2D eigenvalue weighted by atomic mass is 79.9. The number of nitriles is 1. The van der Waals surface area contributed by atoms with Gasteiger partial charge in [0.05, 0.1) is 10.5 Å². The van der Waals surface area contributed by atoms with Gasteiger partial charge >= 0.3 is 0 Å². The van der Waals surface area contributed by atoms with E-state index in [2.05, 4.69) is 15.9 Å². The van der Waals surface area contributed by atoms with Crippen LogP contribution in [-0.2, 0) is 0 Å². The molecule has 13 heavy (non-hydrogen) atoms.